The Morgan fingerprint density at radius 2 is 2.15 bits per heavy atom. The standard InChI is InChI=1S/C14H22BrN3O2/c1-14(2,3)13(19)20-9-12-11(15)8-18(17-12)10-4-6-16-7-5-10/h8,10,16H,4-7,9H2,1-3H3. The summed E-state index contributed by atoms with van der Waals surface area (Å²) in [4.78, 5) is 11.8. The van der Waals surface area contributed by atoms with Gasteiger partial charge in [0.25, 0.3) is 0 Å². The SMILES string of the molecule is CC(C)(C)C(=O)OCc1nn(C2CCNCC2)cc1Br. The zero-order valence-corrected chi connectivity index (χ0v) is 13.9. The molecule has 0 bridgehead atoms. The van der Waals surface area contributed by atoms with Crippen molar-refractivity contribution in [3.8, 4) is 0 Å². The van der Waals surface area contributed by atoms with E-state index in [1.54, 1.807) is 0 Å². The first-order chi connectivity index (χ1) is 9.38. The molecule has 0 amide bonds. The molecule has 112 valence electrons. The number of piperidine rings is 1. The maximum Gasteiger partial charge on any atom is 0.311 e. The summed E-state index contributed by atoms with van der Waals surface area (Å²) in [7, 11) is 0. The monoisotopic (exact) mass is 343 g/mol. The molecule has 5 nitrogen and oxygen atoms in total. The molecular weight excluding hydrogens is 322 g/mol. The number of carbonyl (C=O) groups is 1. The maximum absolute atomic E-state index is 11.8. The van der Waals surface area contributed by atoms with Gasteiger partial charge in [-0.2, -0.15) is 5.10 Å². The minimum absolute atomic E-state index is 0.208. The van der Waals surface area contributed by atoms with E-state index in [0.29, 0.717) is 6.04 Å². The zero-order valence-electron chi connectivity index (χ0n) is 12.3. The third kappa shape index (κ3) is 3.82. The van der Waals surface area contributed by atoms with Crippen LogP contribution in [0.15, 0.2) is 10.7 Å². The lowest BCUT2D eigenvalue weighted by atomic mass is 9.97. The fourth-order valence-electron chi connectivity index (χ4n) is 2.11. The molecule has 1 saturated heterocycles. The zero-order chi connectivity index (χ0) is 14.8. The largest absolute Gasteiger partial charge is 0.459 e. The van der Waals surface area contributed by atoms with Gasteiger partial charge in [0.15, 0.2) is 0 Å². The van der Waals surface area contributed by atoms with Crippen LogP contribution in [0, 0.1) is 5.41 Å². The summed E-state index contributed by atoms with van der Waals surface area (Å²) in [6.07, 6.45) is 4.14. The number of rotatable bonds is 3. The third-order valence-corrected chi connectivity index (χ3v) is 4.06. The van der Waals surface area contributed by atoms with Gasteiger partial charge in [0.2, 0.25) is 0 Å². The van der Waals surface area contributed by atoms with Crippen molar-refractivity contribution in [3.63, 3.8) is 0 Å². The van der Waals surface area contributed by atoms with Crippen LogP contribution in [-0.2, 0) is 16.1 Å². The molecule has 0 unspecified atom stereocenters. The highest BCUT2D eigenvalue weighted by Gasteiger charge is 2.24. The first kappa shape index (κ1) is 15.5. The quantitative estimate of drug-likeness (QED) is 0.857. The predicted octanol–water partition coefficient (Wildman–Crippen LogP) is 2.66. The topological polar surface area (TPSA) is 56.1 Å². The summed E-state index contributed by atoms with van der Waals surface area (Å²) in [5, 5.41) is 7.89. The van der Waals surface area contributed by atoms with Crippen molar-refractivity contribution >= 4 is 21.9 Å². The Bertz CT molecular complexity index is 473. The van der Waals surface area contributed by atoms with Crippen molar-refractivity contribution in [1.29, 1.82) is 0 Å². The first-order valence-corrected chi connectivity index (χ1v) is 7.78. The van der Waals surface area contributed by atoms with E-state index in [-0.39, 0.29) is 12.6 Å². The Balaban J connectivity index is 1.99. The summed E-state index contributed by atoms with van der Waals surface area (Å²) in [5.41, 5.74) is 0.297. The molecule has 0 spiro atoms. The Labute approximate surface area is 128 Å². The van der Waals surface area contributed by atoms with Gasteiger partial charge in [0.05, 0.1) is 15.9 Å². The molecule has 1 N–H and O–H groups in total. The summed E-state index contributed by atoms with van der Waals surface area (Å²) >= 11 is 3.49. The highest BCUT2D eigenvalue weighted by atomic mass is 79.9. The van der Waals surface area contributed by atoms with Crippen LogP contribution >= 0.6 is 15.9 Å². The van der Waals surface area contributed by atoms with E-state index < -0.39 is 5.41 Å². The summed E-state index contributed by atoms with van der Waals surface area (Å²) in [6.45, 7) is 7.80. The average molecular weight is 344 g/mol. The molecule has 20 heavy (non-hydrogen) atoms. The number of esters is 1. The van der Waals surface area contributed by atoms with Gasteiger partial charge < -0.3 is 10.1 Å². The lowest BCUT2D eigenvalue weighted by Crippen LogP contribution is -2.29. The fourth-order valence-corrected chi connectivity index (χ4v) is 2.52. The molecule has 0 aromatic carbocycles. The minimum Gasteiger partial charge on any atom is -0.459 e. The van der Waals surface area contributed by atoms with Crippen molar-refractivity contribution in [1.82, 2.24) is 15.1 Å². The van der Waals surface area contributed by atoms with Crippen molar-refractivity contribution < 1.29 is 9.53 Å². The minimum atomic E-state index is -0.482. The molecule has 1 aromatic rings. The van der Waals surface area contributed by atoms with Crippen molar-refractivity contribution in [2.24, 2.45) is 5.41 Å². The van der Waals surface area contributed by atoms with Crippen LogP contribution in [0.3, 0.4) is 0 Å². The lowest BCUT2D eigenvalue weighted by Gasteiger charge is -2.22. The molecule has 0 saturated carbocycles. The number of hydrogen-bond donors (Lipinski definition) is 1. The van der Waals surface area contributed by atoms with Gasteiger partial charge in [0, 0.05) is 6.20 Å². The van der Waals surface area contributed by atoms with E-state index in [9.17, 15) is 4.79 Å². The van der Waals surface area contributed by atoms with Crippen LogP contribution in [0.25, 0.3) is 0 Å². The molecular formula is C14H22BrN3O2. The number of ether oxygens (including phenoxy) is 1. The Morgan fingerprint density at radius 1 is 1.50 bits per heavy atom. The van der Waals surface area contributed by atoms with Gasteiger partial charge in [-0.05, 0) is 62.6 Å². The van der Waals surface area contributed by atoms with Crippen molar-refractivity contribution in [2.75, 3.05) is 13.1 Å². The van der Waals surface area contributed by atoms with Crippen LogP contribution in [0.2, 0.25) is 0 Å². The van der Waals surface area contributed by atoms with E-state index in [2.05, 4.69) is 26.3 Å². The molecule has 1 aromatic heterocycles. The second-order valence-electron chi connectivity index (χ2n) is 6.21. The number of hydrogen-bond acceptors (Lipinski definition) is 4. The van der Waals surface area contributed by atoms with Gasteiger partial charge in [0.1, 0.15) is 12.3 Å². The Morgan fingerprint density at radius 3 is 2.75 bits per heavy atom. The summed E-state index contributed by atoms with van der Waals surface area (Å²) < 4.78 is 8.21. The second kappa shape index (κ2) is 6.26. The highest BCUT2D eigenvalue weighted by molar-refractivity contribution is 9.10. The van der Waals surface area contributed by atoms with Crippen molar-refractivity contribution in [3.05, 3.63) is 16.4 Å². The van der Waals surface area contributed by atoms with Crippen LogP contribution in [0.1, 0.15) is 45.3 Å². The molecule has 1 fully saturated rings. The maximum atomic E-state index is 11.8. The predicted molar refractivity (Wildman–Crippen MR) is 80.3 cm³/mol. The summed E-state index contributed by atoms with van der Waals surface area (Å²) in [6, 6.07) is 0.430. The Kier molecular flexibility index (Phi) is 4.86. The van der Waals surface area contributed by atoms with Crippen LogP contribution in [-0.4, -0.2) is 28.8 Å². The van der Waals surface area contributed by atoms with E-state index in [4.69, 9.17) is 4.74 Å². The van der Waals surface area contributed by atoms with Gasteiger partial charge in [-0.3, -0.25) is 9.48 Å². The number of nitrogens with zero attached hydrogens (tertiary/aromatic N) is 2. The number of nitrogens with one attached hydrogen (secondary N) is 1. The van der Waals surface area contributed by atoms with Crippen LogP contribution in [0.5, 0.6) is 0 Å². The van der Waals surface area contributed by atoms with E-state index >= 15 is 0 Å². The first-order valence-electron chi connectivity index (χ1n) is 6.99. The average Bonchev–Trinajstić information content (AvgIpc) is 2.77. The van der Waals surface area contributed by atoms with Crippen LogP contribution < -0.4 is 5.32 Å². The van der Waals surface area contributed by atoms with Gasteiger partial charge in [-0.25, -0.2) is 0 Å². The smallest absolute Gasteiger partial charge is 0.311 e. The third-order valence-electron chi connectivity index (χ3n) is 3.39. The number of aromatic nitrogens is 2. The highest BCUT2D eigenvalue weighted by Crippen LogP contribution is 2.24. The van der Waals surface area contributed by atoms with Gasteiger partial charge in [-0.1, -0.05) is 0 Å². The van der Waals surface area contributed by atoms with E-state index in [1.807, 2.05) is 31.6 Å². The van der Waals surface area contributed by atoms with Gasteiger partial charge in [-0.15, -0.1) is 0 Å². The molecule has 0 atom stereocenters. The van der Waals surface area contributed by atoms with E-state index in [0.717, 1.165) is 36.1 Å². The molecule has 0 aliphatic carbocycles. The second-order valence-corrected chi connectivity index (χ2v) is 7.07. The Hall–Kier alpha value is -0.880. The number of carbonyl (C=O) groups excluding carboxylic acids is 1. The molecule has 2 rings (SSSR count). The normalized spacial score (nSPS) is 17.2. The molecule has 2 heterocycles. The lowest BCUT2D eigenvalue weighted by molar-refractivity contribution is -0.154. The van der Waals surface area contributed by atoms with Crippen LogP contribution in [0.4, 0.5) is 0 Å². The summed E-state index contributed by atoms with van der Waals surface area (Å²) in [5.74, 6) is -0.208. The number of halogens is 1. The molecule has 1 aliphatic rings. The molecule has 6 heteroatoms. The van der Waals surface area contributed by atoms with Crippen molar-refractivity contribution in [2.45, 2.75) is 46.3 Å². The molecule has 1 aliphatic heterocycles. The van der Waals surface area contributed by atoms with Gasteiger partial charge >= 0.3 is 5.97 Å². The fraction of sp³-hybridized carbons (Fsp3) is 0.714. The van der Waals surface area contributed by atoms with E-state index in [1.165, 1.54) is 0 Å². The molecule has 0 radical (unpaired) electrons.